The van der Waals surface area contributed by atoms with E-state index in [2.05, 4.69) is 22.5 Å². The minimum Gasteiger partial charge on any atom is -0.491 e. The summed E-state index contributed by atoms with van der Waals surface area (Å²) in [5, 5.41) is 7.98. The number of aryl methyl sites for hydroxylation is 1. The van der Waals surface area contributed by atoms with E-state index >= 15 is 0 Å². The van der Waals surface area contributed by atoms with Gasteiger partial charge in [-0.15, -0.1) is 0 Å². The summed E-state index contributed by atoms with van der Waals surface area (Å²) in [4.78, 5) is 0. The molecule has 0 saturated heterocycles. The van der Waals surface area contributed by atoms with Crippen molar-refractivity contribution < 1.29 is 4.74 Å². The van der Waals surface area contributed by atoms with E-state index in [4.69, 9.17) is 40.2 Å². The molecule has 1 aromatic carbocycles. The van der Waals surface area contributed by atoms with Crippen molar-refractivity contribution in [3.8, 4) is 5.75 Å². The van der Waals surface area contributed by atoms with E-state index in [0.29, 0.717) is 33.7 Å². The highest BCUT2D eigenvalue weighted by Crippen LogP contribution is 2.34. The van der Waals surface area contributed by atoms with Gasteiger partial charge in [0, 0.05) is 6.42 Å². The first-order chi connectivity index (χ1) is 10.6. The lowest BCUT2D eigenvalue weighted by atomic mass is 10.2. The van der Waals surface area contributed by atoms with Gasteiger partial charge in [-0.25, -0.2) is 4.68 Å². The van der Waals surface area contributed by atoms with Gasteiger partial charge in [-0.3, -0.25) is 5.10 Å². The van der Waals surface area contributed by atoms with Crippen LogP contribution in [0.4, 0.5) is 0 Å². The van der Waals surface area contributed by atoms with Gasteiger partial charge >= 0.3 is 0 Å². The Balaban J connectivity index is 2.15. The van der Waals surface area contributed by atoms with Crippen LogP contribution >= 0.6 is 35.4 Å². The highest BCUT2D eigenvalue weighted by molar-refractivity contribution is 7.71. The van der Waals surface area contributed by atoms with Crippen LogP contribution in [0.1, 0.15) is 31.7 Å². The van der Waals surface area contributed by atoms with Crippen molar-refractivity contribution in [3.63, 3.8) is 0 Å². The molecule has 2 aromatic rings. The van der Waals surface area contributed by atoms with E-state index in [1.54, 1.807) is 4.68 Å². The molecule has 0 bridgehead atoms. The second-order valence-electron chi connectivity index (χ2n) is 4.69. The third-order valence-corrected chi connectivity index (χ3v) is 3.84. The van der Waals surface area contributed by atoms with E-state index < -0.39 is 0 Å². The molecule has 0 saturated carbocycles. The van der Waals surface area contributed by atoms with Crippen molar-refractivity contribution >= 4 is 35.4 Å². The lowest BCUT2D eigenvalue weighted by Gasteiger charge is -2.13. The van der Waals surface area contributed by atoms with Crippen LogP contribution in [0.2, 0.25) is 10.0 Å². The molecule has 1 aromatic heterocycles. The summed E-state index contributed by atoms with van der Waals surface area (Å²) < 4.78 is 7.73. The van der Waals surface area contributed by atoms with Crippen molar-refractivity contribution in [2.24, 2.45) is 0 Å². The summed E-state index contributed by atoms with van der Waals surface area (Å²) in [5.41, 5.74) is 4.16. The molecule has 0 radical (unpaired) electrons. The van der Waals surface area contributed by atoms with Crippen molar-refractivity contribution in [2.45, 2.75) is 33.2 Å². The minimum atomic E-state index is 0.496. The molecule has 120 valence electrons. The van der Waals surface area contributed by atoms with Crippen LogP contribution in [0.25, 0.3) is 0 Å². The van der Waals surface area contributed by atoms with Crippen LogP contribution in [0.15, 0.2) is 12.1 Å². The first kappa shape index (κ1) is 17.1. The fraction of sp³-hybridized carbons (Fsp3) is 0.429. The van der Waals surface area contributed by atoms with Crippen LogP contribution in [0.5, 0.6) is 5.75 Å². The average molecular weight is 361 g/mol. The van der Waals surface area contributed by atoms with E-state index in [9.17, 15) is 0 Å². The second kappa shape index (κ2) is 7.85. The van der Waals surface area contributed by atoms with E-state index in [1.165, 1.54) is 0 Å². The number of H-pyrrole nitrogens is 1. The first-order valence-electron chi connectivity index (χ1n) is 7.07. The van der Waals surface area contributed by atoms with Gasteiger partial charge in [0.15, 0.2) is 11.6 Å². The molecule has 0 aliphatic carbocycles. The van der Waals surface area contributed by atoms with E-state index in [-0.39, 0.29) is 0 Å². The minimum absolute atomic E-state index is 0.496. The summed E-state index contributed by atoms with van der Waals surface area (Å²) in [6.45, 7) is 5.02. The van der Waals surface area contributed by atoms with Crippen LogP contribution in [0, 0.1) is 4.77 Å². The zero-order chi connectivity index (χ0) is 16.1. The van der Waals surface area contributed by atoms with Crippen molar-refractivity contribution in [1.29, 1.82) is 0 Å². The van der Waals surface area contributed by atoms with Gasteiger partial charge in [0.05, 0.1) is 23.2 Å². The van der Waals surface area contributed by atoms with Gasteiger partial charge in [-0.1, -0.05) is 30.1 Å². The molecule has 0 unspecified atom stereocenters. The maximum absolute atomic E-state index is 6.20. The van der Waals surface area contributed by atoms with Crippen LogP contribution in [0.3, 0.4) is 0 Å². The van der Waals surface area contributed by atoms with Gasteiger partial charge in [-0.2, -0.15) is 5.10 Å². The third kappa shape index (κ3) is 3.94. The average Bonchev–Trinajstić information content (AvgIpc) is 2.82. The molecule has 0 fully saturated rings. The van der Waals surface area contributed by atoms with Crippen LogP contribution in [-0.2, 0) is 13.0 Å². The number of nitrogens with zero attached hydrogens (tertiary/aromatic N) is 2. The van der Waals surface area contributed by atoms with E-state index in [0.717, 1.165) is 24.2 Å². The van der Waals surface area contributed by atoms with Gasteiger partial charge in [-0.05, 0) is 43.3 Å². The van der Waals surface area contributed by atoms with Gasteiger partial charge < -0.3 is 10.2 Å². The Morgan fingerprint density at radius 2 is 2.00 bits per heavy atom. The molecular weight excluding hydrogens is 343 g/mol. The van der Waals surface area contributed by atoms with Gasteiger partial charge in [0.25, 0.3) is 0 Å². The summed E-state index contributed by atoms with van der Waals surface area (Å²) in [7, 11) is 0. The molecule has 22 heavy (non-hydrogen) atoms. The van der Waals surface area contributed by atoms with Gasteiger partial charge in [0.1, 0.15) is 0 Å². The summed E-state index contributed by atoms with van der Waals surface area (Å²) in [5.74, 6) is 1.39. The van der Waals surface area contributed by atoms with Crippen molar-refractivity contribution in [3.05, 3.63) is 38.3 Å². The molecule has 0 atom stereocenters. The van der Waals surface area contributed by atoms with Gasteiger partial charge in [0.2, 0.25) is 4.77 Å². The number of aromatic amines is 1. The summed E-state index contributed by atoms with van der Waals surface area (Å²) >= 11 is 17.6. The maximum atomic E-state index is 6.20. The largest absolute Gasteiger partial charge is 0.491 e. The molecule has 8 heteroatoms. The predicted molar refractivity (Wildman–Crippen MR) is 92.1 cm³/mol. The predicted octanol–water partition coefficient (Wildman–Crippen LogP) is 4.34. The molecule has 2 N–H and O–H groups in total. The van der Waals surface area contributed by atoms with E-state index in [1.807, 2.05) is 19.1 Å². The smallest absolute Gasteiger partial charge is 0.214 e. The number of aromatic nitrogens is 3. The number of halogens is 2. The second-order valence-corrected chi connectivity index (χ2v) is 5.89. The highest BCUT2D eigenvalue weighted by atomic mass is 35.5. The van der Waals surface area contributed by atoms with Crippen LogP contribution in [-0.4, -0.2) is 21.5 Å². The molecule has 0 aliphatic rings. The normalized spacial score (nSPS) is 10.7. The molecule has 0 spiro atoms. The number of hydrogen-bond acceptors (Lipinski definition) is 4. The monoisotopic (exact) mass is 360 g/mol. The Hall–Kier alpha value is -1.24. The van der Waals surface area contributed by atoms with Crippen LogP contribution < -0.4 is 10.2 Å². The Morgan fingerprint density at radius 3 is 2.59 bits per heavy atom. The highest BCUT2D eigenvalue weighted by Gasteiger charge is 2.10. The number of benzene rings is 1. The zero-order valence-corrected chi connectivity index (χ0v) is 14.8. The molecule has 0 aliphatic heterocycles. The molecule has 0 amide bonds. The summed E-state index contributed by atoms with van der Waals surface area (Å²) in [6, 6.07) is 3.66. The third-order valence-electron chi connectivity index (χ3n) is 3.00. The first-order valence-corrected chi connectivity index (χ1v) is 8.24. The zero-order valence-electron chi connectivity index (χ0n) is 12.4. The fourth-order valence-corrected chi connectivity index (χ4v) is 2.91. The maximum Gasteiger partial charge on any atom is 0.214 e. The Morgan fingerprint density at radius 1 is 1.32 bits per heavy atom. The summed E-state index contributed by atoms with van der Waals surface area (Å²) in [6.07, 6.45) is 1.83. The Labute approximate surface area is 144 Å². The Kier molecular flexibility index (Phi) is 6.11. The topological polar surface area (TPSA) is 54.9 Å². The Bertz CT molecular complexity index is 675. The molecule has 5 nitrogen and oxygen atoms in total. The molecule has 1 heterocycles. The number of hydrogen-bond donors (Lipinski definition) is 2. The number of rotatable bonds is 7. The van der Waals surface area contributed by atoms with Crippen molar-refractivity contribution in [1.82, 2.24) is 14.9 Å². The van der Waals surface area contributed by atoms with Crippen molar-refractivity contribution in [2.75, 3.05) is 12.0 Å². The quantitative estimate of drug-likeness (QED) is 0.721. The molecule has 2 rings (SSSR count). The number of ether oxygens (including phenoxy) is 1. The lowest BCUT2D eigenvalue weighted by molar-refractivity contribution is 0.340. The fourth-order valence-electron chi connectivity index (χ4n) is 2.05. The molecular formula is C14H18Cl2N4OS. The standard InChI is InChI=1S/C14H18Cl2N4OS/c1-3-5-12-18-19-14(22)20(12)17-8-9-6-10(15)13(21-4-2)11(16)7-9/h6-7,17H,3-5,8H2,1-2H3,(H,19,22). The SMILES string of the molecule is CCCc1n[nH]c(=S)n1NCc1cc(Cl)c(OCC)c(Cl)c1. The lowest BCUT2D eigenvalue weighted by Crippen LogP contribution is -2.17. The number of nitrogens with one attached hydrogen (secondary N) is 2.